The smallest absolute Gasteiger partial charge is 0.235 e. The van der Waals surface area contributed by atoms with Gasteiger partial charge in [-0.25, -0.2) is 4.39 Å². The summed E-state index contributed by atoms with van der Waals surface area (Å²) in [6.45, 7) is 1.80. The Morgan fingerprint density at radius 3 is 2.43 bits per heavy atom. The predicted molar refractivity (Wildman–Crippen MR) is 81.5 cm³/mol. The predicted octanol–water partition coefficient (Wildman–Crippen LogP) is 3.39. The molecule has 0 unspecified atom stereocenters. The van der Waals surface area contributed by atoms with Crippen molar-refractivity contribution in [3.05, 3.63) is 59.4 Å². The molecule has 0 atom stereocenters. The standard InChI is InChI=1S/C17H17FN2O/c1-11-8-13(18)10-15(9-11)20-16(21)17(6-7-17)12-2-4-14(19)5-3-12/h2-5,8-10H,6-7,19H2,1H3,(H,20,21). The Hall–Kier alpha value is -2.36. The molecule has 21 heavy (non-hydrogen) atoms. The van der Waals surface area contributed by atoms with Gasteiger partial charge in [0.05, 0.1) is 5.41 Å². The number of anilines is 2. The molecular formula is C17H17FN2O. The topological polar surface area (TPSA) is 55.1 Å². The zero-order chi connectivity index (χ0) is 15.0. The number of rotatable bonds is 3. The van der Waals surface area contributed by atoms with Gasteiger partial charge in [-0.05, 0) is 61.2 Å². The van der Waals surface area contributed by atoms with E-state index in [4.69, 9.17) is 5.73 Å². The summed E-state index contributed by atoms with van der Waals surface area (Å²) in [6, 6.07) is 11.9. The molecule has 3 N–H and O–H groups in total. The lowest BCUT2D eigenvalue weighted by molar-refractivity contribution is -0.118. The van der Waals surface area contributed by atoms with E-state index in [0.717, 1.165) is 24.0 Å². The number of nitrogen functional groups attached to an aromatic ring is 1. The number of hydrogen-bond acceptors (Lipinski definition) is 2. The van der Waals surface area contributed by atoms with Crippen LogP contribution in [0.3, 0.4) is 0 Å². The van der Waals surface area contributed by atoms with Crippen molar-refractivity contribution in [1.82, 2.24) is 0 Å². The number of carbonyl (C=O) groups excluding carboxylic acids is 1. The highest BCUT2D eigenvalue weighted by molar-refractivity contribution is 6.01. The highest BCUT2D eigenvalue weighted by Gasteiger charge is 2.51. The normalized spacial score (nSPS) is 15.5. The maximum absolute atomic E-state index is 13.4. The van der Waals surface area contributed by atoms with Crippen molar-refractivity contribution in [2.45, 2.75) is 25.2 Å². The highest BCUT2D eigenvalue weighted by Crippen LogP contribution is 2.49. The summed E-state index contributed by atoms with van der Waals surface area (Å²) in [6.07, 6.45) is 1.61. The van der Waals surface area contributed by atoms with Crippen LogP contribution in [-0.2, 0) is 10.2 Å². The SMILES string of the molecule is Cc1cc(F)cc(NC(=O)C2(c3ccc(N)cc3)CC2)c1. The van der Waals surface area contributed by atoms with E-state index < -0.39 is 5.41 Å². The molecule has 1 fully saturated rings. The maximum atomic E-state index is 13.4. The van der Waals surface area contributed by atoms with E-state index in [9.17, 15) is 9.18 Å². The van der Waals surface area contributed by atoms with Crippen LogP contribution < -0.4 is 11.1 Å². The van der Waals surface area contributed by atoms with Crippen LogP contribution in [-0.4, -0.2) is 5.91 Å². The van der Waals surface area contributed by atoms with E-state index in [-0.39, 0.29) is 11.7 Å². The van der Waals surface area contributed by atoms with Gasteiger partial charge >= 0.3 is 0 Å². The summed E-state index contributed by atoms with van der Waals surface area (Å²) >= 11 is 0. The molecule has 0 spiro atoms. The number of carbonyl (C=O) groups is 1. The summed E-state index contributed by atoms with van der Waals surface area (Å²) in [4.78, 5) is 12.5. The molecule has 2 aromatic carbocycles. The number of amides is 1. The van der Waals surface area contributed by atoms with Crippen LogP contribution in [0.15, 0.2) is 42.5 Å². The second-order valence-corrected chi connectivity index (χ2v) is 5.68. The first-order valence-corrected chi connectivity index (χ1v) is 6.94. The summed E-state index contributed by atoms with van der Waals surface area (Å²) < 4.78 is 13.4. The second-order valence-electron chi connectivity index (χ2n) is 5.68. The molecule has 3 rings (SSSR count). The van der Waals surface area contributed by atoms with E-state index in [1.807, 2.05) is 12.1 Å². The van der Waals surface area contributed by atoms with Crippen molar-refractivity contribution in [1.29, 1.82) is 0 Å². The van der Waals surface area contributed by atoms with Crippen molar-refractivity contribution in [2.24, 2.45) is 0 Å². The van der Waals surface area contributed by atoms with Gasteiger partial charge in [-0.2, -0.15) is 0 Å². The monoisotopic (exact) mass is 284 g/mol. The zero-order valence-electron chi connectivity index (χ0n) is 11.8. The molecule has 1 amide bonds. The van der Waals surface area contributed by atoms with E-state index >= 15 is 0 Å². The molecule has 2 aromatic rings. The van der Waals surface area contributed by atoms with Crippen LogP contribution in [0.25, 0.3) is 0 Å². The van der Waals surface area contributed by atoms with Crippen molar-refractivity contribution in [3.63, 3.8) is 0 Å². The molecule has 0 aliphatic heterocycles. The van der Waals surface area contributed by atoms with Crippen molar-refractivity contribution >= 4 is 17.3 Å². The Morgan fingerprint density at radius 2 is 1.86 bits per heavy atom. The van der Waals surface area contributed by atoms with Gasteiger partial charge in [0.15, 0.2) is 0 Å². The fourth-order valence-electron chi connectivity index (χ4n) is 2.63. The zero-order valence-corrected chi connectivity index (χ0v) is 11.8. The average Bonchev–Trinajstić information content (AvgIpc) is 3.19. The molecule has 0 saturated heterocycles. The van der Waals surface area contributed by atoms with Gasteiger partial charge in [0.25, 0.3) is 0 Å². The molecule has 0 bridgehead atoms. The molecule has 0 aromatic heterocycles. The minimum Gasteiger partial charge on any atom is -0.399 e. The van der Waals surface area contributed by atoms with Gasteiger partial charge < -0.3 is 11.1 Å². The summed E-state index contributed by atoms with van der Waals surface area (Å²) in [7, 11) is 0. The van der Waals surface area contributed by atoms with Crippen LogP contribution in [0.2, 0.25) is 0 Å². The molecule has 1 aliphatic carbocycles. The summed E-state index contributed by atoms with van der Waals surface area (Å²) in [5.41, 5.74) is 8.11. The van der Waals surface area contributed by atoms with Gasteiger partial charge in [0.2, 0.25) is 5.91 Å². The fourth-order valence-corrected chi connectivity index (χ4v) is 2.63. The third-order valence-corrected chi connectivity index (χ3v) is 3.95. The molecule has 4 heteroatoms. The van der Waals surface area contributed by atoms with Gasteiger partial charge in [-0.15, -0.1) is 0 Å². The largest absolute Gasteiger partial charge is 0.399 e. The van der Waals surface area contributed by atoms with Gasteiger partial charge in [-0.3, -0.25) is 4.79 Å². The van der Waals surface area contributed by atoms with Crippen molar-refractivity contribution < 1.29 is 9.18 Å². The Labute approximate surface area is 123 Å². The van der Waals surface area contributed by atoms with Crippen LogP contribution in [0.4, 0.5) is 15.8 Å². The third-order valence-electron chi connectivity index (χ3n) is 3.95. The van der Waals surface area contributed by atoms with E-state index in [0.29, 0.717) is 11.4 Å². The molecule has 0 radical (unpaired) electrons. The Bertz CT molecular complexity index is 670. The number of nitrogens with two attached hydrogens (primary N) is 1. The summed E-state index contributed by atoms with van der Waals surface area (Å²) in [5.74, 6) is -0.431. The second kappa shape index (κ2) is 4.88. The lowest BCUT2D eigenvalue weighted by Gasteiger charge is -2.16. The lowest BCUT2D eigenvalue weighted by atomic mass is 9.94. The molecule has 108 valence electrons. The van der Waals surface area contributed by atoms with Crippen LogP contribution in [0, 0.1) is 12.7 Å². The van der Waals surface area contributed by atoms with Gasteiger partial charge in [0, 0.05) is 11.4 Å². The minimum atomic E-state index is -0.492. The van der Waals surface area contributed by atoms with E-state index in [1.165, 1.54) is 12.1 Å². The van der Waals surface area contributed by atoms with Crippen LogP contribution in [0.5, 0.6) is 0 Å². The van der Waals surface area contributed by atoms with E-state index in [1.54, 1.807) is 25.1 Å². The minimum absolute atomic E-state index is 0.0859. The van der Waals surface area contributed by atoms with Crippen LogP contribution in [0.1, 0.15) is 24.0 Å². The Morgan fingerprint density at radius 1 is 1.19 bits per heavy atom. The number of benzene rings is 2. The molecule has 0 heterocycles. The summed E-state index contributed by atoms with van der Waals surface area (Å²) in [5, 5.41) is 2.83. The number of halogens is 1. The first-order chi connectivity index (χ1) is 9.99. The van der Waals surface area contributed by atoms with Crippen molar-refractivity contribution in [2.75, 3.05) is 11.1 Å². The van der Waals surface area contributed by atoms with E-state index in [2.05, 4.69) is 5.32 Å². The maximum Gasteiger partial charge on any atom is 0.235 e. The van der Waals surface area contributed by atoms with Gasteiger partial charge in [-0.1, -0.05) is 12.1 Å². The first kappa shape index (κ1) is 13.6. The molecule has 1 aliphatic rings. The lowest BCUT2D eigenvalue weighted by Crippen LogP contribution is -2.27. The average molecular weight is 284 g/mol. The van der Waals surface area contributed by atoms with Crippen LogP contribution >= 0.6 is 0 Å². The first-order valence-electron chi connectivity index (χ1n) is 6.94. The van der Waals surface area contributed by atoms with Gasteiger partial charge in [0.1, 0.15) is 5.82 Å². The van der Waals surface area contributed by atoms with Crippen molar-refractivity contribution in [3.8, 4) is 0 Å². The molecule has 1 saturated carbocycles. The number of aryl methyl sites for hydroxylation is 1. The number of hydrogen-bond donors (Lipinski definition) is 2. The molecule has 3 nitrogen and oxygen atoms in total. The Balaban J connectivity index is 1.83. The number of nitrogens with one attached hydrogen (secondary N) is 1. The molecular weight excluding hydrogens is 267 g/mol. The Kier molecular flexibility index (Phi) is 3.16. The fraction of sp³-hybridized carbons (Fsp3) is 0.235. The third kappa shape index (κ3) is 2.61. The highest BCUT2D eigenvalue weighted by atomic mass is 19.1. The quantitative estimate of drug-likeness (QED) is 0.849.